The molecule has 0 aliphatic carbocycles. The zero-order valence-corrected chi connectivity index (χ0v) is 11.5. The predicted octanol–water partition coefficient (Wildman–Crippen LogP) is 1.32. The van der Waals surface area contributed by atoms with E-state index in [2.05, 4.69) is 4.98 Å². The first-order chi connectivity index (χ1) is 13.3. The SMILES string of the molecule is [2H]C([2H])([2H])N(C([2H])([2H])[2H])C([2H])([2H])Cc1c[nH]c2ccc(C([2H])([2H])S(=O)(=O)NC)cc12. The lowest BCUT2D eigenvalue weighted by Crippen LogP contribution is -2.20. The maximum Gasteiger partial charge on any atom is 0.215 e. The minimum Gasteiger partial charge on any atom is -0.361 e. The number of aryl methyl sites for hydroxylation is 1. The maximum absolute atomic E-state index is 12.0. The molecule has 0 aliphatic heterocycles. The van der Waals surface area contributed by atoms with Crippen LogP contribution in [0.5, 0.6) is 0 Å². The molecule has 2 N–H and O–H groups in total. The monoisotopic (exact) mass is 305 g/mol. The Balaban J connectivity index is 2.56. The molecule has 0 aliphatic rings. The number of hydrogen-bond donors (Lipinski definition) is 2. The average molecular weight is 305 g/mol. The lowest BCUT2D eigenvalue weighted by atomic mass is 10.1. The van der Waals surface area contributed by atoms with E-state index < -0.39 is 42.6 Å². The first-order valence-electron chi connectivity index (χ1n) is 10.7. The third-order valence-electron chi connectivity index (χ3n) is 2.72. The number of fused-ring (bicyclic) bond motifs is 1. The summed E-state index contributed by atoms with van der Waals surface area (Å²) in [4.78, 5) is 2.64. The summed E-state index contributed by atoms with van der Waals surface area (Å²) in [6, 6.07) is 3.86. The van der Waals surface area contributed by atoms with Gasteiger partial charge in [0.1, 0.15) is 0 Å². The van der Waals surface area contributed by atoms with Crippen LogP contribution >= 0.6 is 0 Å². The summed E-state index contributed by atoms with van der Waals surface area (Å²) in [5.41, 5.74) is -2.45. The first-order valence-corrected chi connectivity index (χ1v) is 7.17. The first kappa shape index (κ1) is 6.60. The quantitative estimate of drug-likeness (QED) is 0.846. The molecule has 6 heteroatoms. The molecule has 1 aromatic heterocycles. The topological polar surface area (TPSA) is 65.2 Å². The Morgan fingerprint density at radius 2 is 2.25 bits per heavy atom. The van der Waals surface area contributed by atoms with Gasteiger partial charge in [-0.2, -0.15) is 0 Å². The van der Waals surface area contributed by atoms with Gasteiger partial charge in [0.25, 0.3) is 0 Å². The molecule has 0 amide bonds. The van der Waals surface area contributed by atoms with Gasteiger partial charge in [0, 0.05) is 37.3 Å². The lowest BCUT2D eigenvalue weighted by Gasteiger charge is -2.08. The molecular formula is C14H21N3O2S. The minimum absolute atomic E-state index is 0.160. The van der Waals surface area contributed by atoms with Crippen molar-refractivity contribution >= 4 is 20.9 Å². The fourth-order valence-corrected chi connectivity index (χ4v) is 2.30. The number of aromatic nitrogens is 1. The van der Waals surface area contributed by atoms with Crippen molar-refractivity contribution in [3.8, 4) is 0 Å². The smallest absolute Gasteiger partial charge is 0.215 e. The number of aromatic amines is 1. The van der Waals surface area contributed by atoms with Gasteiger partial charge in [-0.15, -0.1) is 0 Å². The largest absolute Gasteiger partial charge is 0.361 e. The van der Waals surface area contributed by atoms with Gasteiger partial charge in [0.05, 0.1) is 5.70 Å². The van der Waals surface area contributed by atoms with Crippen LogP contribution in [0.1, 0.15) is 24.8 Å². The Kier molecular flexibility index (Phi) is 1.96. The van der Waals surface area contributed by atoms with Crippen LogP contribution in [0.15, 0.2) is 24.4 Å². The summed E-state index contributed by atoms with van der Waals surface area (Å²) in [5, 5.41) is 0.239. The van der Waals surface area contributed by atoms with Crippen molar-refractivity contribution in [3.63, 3.8) is 0 Å². The molecule has 0 saturated heterocycles. The van der Waals surface area contributed by atoms with E-state index in [-0.39, 0.29) is 21.4 Å². The van der Waals surface area contributed by atoms with Crippen molar-refractivity contribution in [2.24, 2.45) is 0 Å². The number of H-pyrrole nitrogens is 1. The van der Waals surface area contributed by atoms with Crippen molar-refractivity contribution < 1.29 is 22.1 Å². The number of sulfonamides is 1. The minimum atomic E-state index is -4.36. The van der Waals surface area contributed by atoms with Gasteiger partial charge < -0.3 is 9.88 Å². The van der Waals surface area contributed by atoms with Gasteiger partial charge in [0.15, 0.2) is 0 Å². The van der Waals surface area contributed by atoms with Crippen molar-refractivity contribution in [2.45, 2.75) is 12.1 Å². The molecule has 2 rings (SSSR count). The van der Waals surface area contributed by atoms with E-state index in [0.717, 1.165) is 7.05 Å². The Bertz CT molecular complexity index is 1010. The maximum atomic E-state index is 12.0. The molecule has 110 valence electrons. The van der Waals surface area contributed by atoms with Gasteiger partial charge in [-0.05, 0) is 50.7 Å². The van der Waals surface area contributed by atoms with E-state index in [1.54, 1.807) is 0 Å². The van der Waals surface area contributed by atoms with E-state index in [1.165, 1.54) is 24.4 Å². The van der Waals surface area contributed by atoms with Crippen molar-refractivity contribution in [1.29, 1.82) is 0 Å². The summed E-state index contributed by atoms with van der Waals surface area (Å²) >= 11 is 0. The molecule has 1 aromatic carbocycles. The fourth-order valence-electron chi connectivity index (χ4n) is 1.76. The highest BCUT2D eigenvalue weighted by Crippen LogP contribution is 2.21. The highest BCUT2D eigenvalue weighted by atomic mass is 32.2. The number of likely N-dealkylation sites (N-methyl/N-ethyl adjacent to an activating group) is 1. The summed E-state index contributed by atoms with van der Waals surface area (Å²) in [6.07, 6.45) is 0.681. The third-order valence-corrected chi connectivity index (χ3v) is 3.76. The molecule has 0 unspecified atom stereocenters. The standard InChI is InChI=1S/C14H21N3O2S/c1-15-20(18,19)10-11-4-5-14-13(8-11)12(9-16-14)6-7-17(2)3/h4-5,8-9,15-16H,6-7,10H2,1-3H3/i2D3,3D3,7D2,10D2. The zero-order valence-electron chi connectivity index (χ0n) is 20.7. The van der Waals surface area contributed by atoms with Crippen LogP contribution in [0, 0.1) is 0 Å². The summed E-state index contributed by atoms with van der Waals surface area (Å²) < 4.78 is 103. The van der Waals surface area contributed by atoms with Crippen molar-refractivity contribution in [2.75, 3.05) is 27.5 Å². The van der Waals surface area contributed by atoms with E-state index in [1.807, 2.05) is 4.72 Å². The molecule has 20 heavy (non-hydrogen) atoms. The summed E-state index contributed by atoms with van der Waals surface area (Å²) in [7, 11) is -3.29. The van der Waals surface area contributed by atoms with Crippen LogP contribution in [0.25, 0.3) is 10.9 Å². The molecule has 0 bridgehead atoms. The summed E-state index contributed by atoms with van der Waals surface area (Å²) in [6.45, 7) is -9.31. The second kappa shape index (κ2) is 5.95. The number of nitrogens with one attached hydrogen (secondary N) is 2. The normalized spacial score (nSPS) is 22.5. The van der Waals surface area contributed by atoms with Gasteiger partial charge in [-0.25, -0.2) is 13.1 Å². The van der Waals surface area contributed by atoms with Crippen LogP contribution < -0.4 is 4.72 Å². The van der Waals surface area contributed by atoms with Gasteiger partial charge >= 0.3 is 0 Å². The number of benzene rings is 1. The van der Waals surface area contributed by atoms with Gasteiger partial charge in [-0.1, -0.05) is 6.07 Å². The van der Waals surface area contributed by atoms with Crippen LogP contribution in [0.2, 0.25) is 0 Å². The second-order valence-electron chi connectivity index (χ2n) is 4.05. The Hall–Kier alpha value is -1.37. The van der Waals surface area contributed by atoms with Crippen LogP contribution in [0.4, 0.5) is 0 Å². The van der Waals surface area contributed by atoms with Crippen molar-refractivity contribution in [1.82, 2.24) is 14.6 Å². The molecule has 0 spiro atoms. The van der Waals surface area contributed by atoms with E-state index in [4.69, 9.17) is 13.7 Å². The Morgan fingerprint density at radius 3 is 2.95 bits per heavy atom. The Morgan fingerprint density at radius 1 is 1.45 bits per heavy atom. The van der Waals surface area contributed by atoms with Crippen molar-refractivity contribution in [3.05, 3.63) is 35.5 Å². The van der Waals surface area contributed by atoms with E-state index in [9.17, 15) is 8.42 Å². The molecule has 0 saturated carbocycles. The number of rotatable bonds is 6. The molecule has 0 atom stereocenters. The second-order valence-corrected chi connectivity index (χ2v) is 5.67. The zero-order chi connectivity index (χ0) is 23.3. The van der Waals surface area contributed by atoms with Crippen LogP contribution in [-0.2, 0) is 22.1 Å². The highest BCUT2D eigenvalue weighted by Gasteiger charge is 2.11. The van der Waals surface area contributed by atoms with Crippen LogP contribution in [-0.4, -0.2) is 45.8 Å². The molecule has 1 heterocycles. The number of nitrogens with zero attached hydrogens (tertiary/aromatic N) is 1. The molecule has 0 radical (unpaired) electrons. The van der Waals surface area contributed by atoms with Gasteiger partial charge in [-0.3, -0.25) is 0 Å². The molecule has 5 nitrogen and oxygen atoms in total. The summed E-state index contributed by atoms with van der Waals surface area (Å²) in [5.74, 6) is 0. The van der Waals surface area contributed by atoms with Gasteiger partial charge in [0.2, 0.25) is 10.0 Å². The Labute approximate surface area is 134 Å². The number of hydrogen-bond acceptors (Lipinski definition) is 3. The predicted molar refractivity (Wildman–Crippen MR) is 82.2 cm³/mol. The van der Waals surface area contributed by atoms with E-state index >= 15 is 0 Å². The molecule has 0 fully saturated rings. The average Bonchev–Trinajstić information content (AvgIpc) is 2.92. The molecular weight excluding hydrogens is 274 g/mol. The third kappa shape index (κ3) is 3.59. The fraction of sp³-hybridized carbons (Fsp3) is 0.429. The molecule has 2 aromatic rings. The highest BCUT2D eigenvalue weighted by molar-refractivity contribution is 7.88. The van der Waals surface area contributed by atoms with E-state index in [0.29, 0.717) is 5.52 Å². The van der Waals surface area contributed by atoms with Crippen LogP contribution in [0.3, 0.4) is 0 Å². The lowest BCUT2D eigenvalue weighted by molar-refractivity contribution is 0.414.